The number of hydrogen-bond donors (Lipinski definition) is 3. The number of phosphoric acid groups is 1. The molecule has 3 N–H and O–H groups in total. The number of ether oxygens (including phenoxy) is 1. The molecule has 11 heteroatoms. The molecule has 0 aliphatic rings. The lowest BCUT2D eigenvalue weighted by Crippen LogP contribution is -2.17. The summed E-state index contributed by atoms with van der Waals surface area (Å²) in [7, 11) is -0.975. The van der Waals surface area contributed by atoms with E-state index in [2.05, 4.69) is 4.98 Å². The summed E-state index contributed by atoms with van der Waals surface area (Å²) in [6.07, 6.45) is 1.42. The van der Waals surface area contributed by atoms with E-state index < -0.39 is 7.82 Å². The quantitative estimate of drug-likeness (QED) is 0.324. The third kappa shape index (κ3) is 5.56. The Labute approximate surface area is 205 Å². The zero-order valence-electron chi connectivity index (χ0n) is 20.7. The molecule has 0 amide bonds. The van der Waals surface area contributed by atoms with Crippen LogP contribution in [0, 0.1) is 0 Å². The van der Waals surface area contributed by atoms with Crippen LogP contribution in [-0.4, -0.2) is 52.0 Å². The summed E-state index contributed by atoms with van der Waals surface area (Å²) < 4.78 is 29.6. The number of anilines is 1. The molecule has 0 fully saturated rings. The van der Waals surface area contributed by atoms with Gasteiger partial charge in [0.2, 0.25) is 0 Å². The number of benzene rings is 2. The average molecular weight is 506 g/mol. The van der Waals surface area contributed by atoms with E-state index in [1.165, 1.54) is 16.8 Å². The van der Waals surface area contributed by atoms with Gasteiger partial charge in [-0.1, -0.05) is 13.8 Å². The predicted molar refractivity (Wildman–Crippen MR) is 134 cm³/mol. The van der Waals surface area contributed by atoms with Gasteiger partial charge in [-0.05, 0) is 49.6 Å². The molecule has 10 nitrogen and oxygen atoms in total. The molecular weight excluding hydrogens is 473 g/mol. The third-order valence-corrected chi connectivity index (χ3v) is 6.55. The second kappa shape index (κ2) is 10.6. The molecule has 1 atom stereocenters. The Morgan fingerprint density at radius 3 is 2.46 bits per heavy atom. The van der Waals surface area contributed by atoms with Crippen LogP contribution >= 0.6 is 7.82 Å². The minimum Gasteiger partial charge on any atom is -0.508 e. The van der Waals surface area contributed by atoms with Crippen LogP contribution in [0.3, 0.4) is 0 Å². The summed E-state index contributed by atoms with van der Waals surface area (Å²) >= 11 is 0. The number of rotatable bonds is 10. The molecular formula is C24H32N3O7P. The fourth-order valence-electron chi connectivity index (χ4n) is 3.68. The maximum atomic E-state index is 12.4. The van der Waals surface area contributed by atoms with Gasteiger partial charge in [0.25, 0.3) is 0 Å². The highest BCUT2D eigenvalue weighted by molar-refractivity contribution is 7.47. The molecule has 1 heterocycles. The lowest BCUT2D eigenvalue weighted by Gasteiger charge is -2.22. The first-order valence-corrected chi connectivity index (χ1v) is 12.7. The minimum absolute atomic E-state index is 0.0251. The highest BCUT2D eigenvalue weighted by Gasteiger charge is 2.28. The predicted octanol–water partition coefficient (Wildman–Crippen LogP) is 5.05. The lowest BCUT2D eigenvalue weighted by atomic mass is 9.97. The summed E-state index contributed by atoms with van der Waals surface area (Å²) in [6, 6.07) is 8.06. The van der Waals surface area contributed by atoms with Crippen LogP contribution in [0.25, 0.3) is 16.9 Å². The molecule has 2 aromatic carbocycles. The monoisotopic (exact) mass is 505 g/mol. The number of phenolic OH excluding ortho intramolecular Hbond substituents is 2. The number of phosphoric ester groups is 1. The second-order valence-electron chi connectivity index (χ2n) is 8.19. The van der Waals surface area contributed by atoms with Crippen LogP contribution < -0.4 is 14.2 Å². The smallest absolute Gasteiger partial charge is 0.508 e. The van der Waals surface area contributed by atoms with Gasteiger partial charge in [0, 0.05) is 25.2 Å². The van der Waals surface area contributed by atoms with Gasteiger partial charge in [-0.15, -0.1) is 0 Å². The highest BCUT2D eigenvalue weighted by atomic mass is 31.2. The van der Waals surface area contributed by atoms with Crippen molar-refractivity contribution in [2.45, 2.75) is 33.6 Å². The summed E-state index contributed by atoms with van der Waals surface area (Å²) in [4.78, 5) is 16.3. The van der Waals surface area contributed by atoms with Crippen molar-refractivity contribution in [3.8, 4) is 40.2 Å². The molecule has 0 bridgehead atoms. The van der Waals surface area contributed by atoms with Gasteiger partial charge in [0.15, 0.2) is 0 Å². The highest BCUT2D eigenvalue weighted by Crippen LogP contribution is 2.46. The Bertz CT molecular complexity index is 1240. The van der Waals surface area contributed by atoms with E-state index in [4.69, 9.17) is 13.8 Å². The average Bonchev–Trinajstić information content (AvgIpc) is 3.20. The van der Waals surface area contributed by atoms with Crippen molar-refractivity contribution in [3.63, 3.8) is 0 Å². The molecule has 0 aliphatic heterocycles. The number of phenols is 2. The Morgan fingerprint density at radius 1 is 1.14 bits per heavy atom. The van der Waals surface area contributed by atoms with E-state index in [9.17, 15) is 19.7 Å². The van der Waals surface area contributed by atoms with Crippen molar-refractivity contribution >= 4 is 13.5 Å². The van der Waals surface area contributed by atoms with E-state index in [1.54, 1.807) is 32.2 Å². The Kier molecular flexibility index (Phi) is 8.00. The van der Waals surface area contributed by atoms with Crippen molar-refractivity contribution in [2.75, 3.05) is 32.2 Å². The Hall–Kier alpha value is -3.20. The molecule has 0 aliphatic carbocycles. The van der Waals surface area contributed by atoms with E-state index in [1.807, 2.05) is 38.8 Å². The summed E-state index contributed by atoms with van der Waals surface area (Å²) in [5.41, 5.74) is 2.67. The third-order valence-electron chi connectivity index (χ3n) is 5.57. The molecule has 3 aromatic rings. The largest absolute Gasteiger partial charge is 0.529 e. The molecule has 35 heavy (non-hydrogen) atoms. The van der Waals surface area contributed by atoms with Gasteiger partial charge < -0.3 is 24.4 Å². The number of hydrogen-bond acceptors (Lipinski definition) is 8. The maximum Gasteiger partial charge on any atom is 0.529 e. The van der Waals surface area contributed by atoms with Crippen LogP contribution in [0.5, 0.6) is 23.3 Å². The minimum atomic E-state index is -4.46. The molecule has 3 rings (SSSR count). The van der Waals surface area contributed by atoms with Gasteiger partial charge in [-0.25, -0.2) is 9.55 Å². The van der Waals surface area contributed by atoms with Gasteiger partial charge in [-0.3, -0.25) is 14.0 Å². The van der Waals surface area contributed by atoms with E-state index in [0.717, 1.165) is 5.69 Å². The van der Waals surface area contributed by atoms with Crippen LogP contribution in [-0.2, 0) is 9.09 Å². The van der Waals surface area contributed by atoms with Crippen molar-refractivity contribution in [1.29, 1.82) is 0 Å². The lowest BCUT2D eigenvalue weighted by molar-refractivity contribution is 0.207. The number of aromatic nitrogens is 2. The Morgan fingerprint density at radius 2 is 1.86 bits per heavy atom. The van der Waals surface area contributed by atoms with Crippen molar-refractivity contribution < 1.29 is 33.5 Å². The normalized spacial score (nSPS) is 13.0. The van der Waals surface area contributed by atoms with Gasteiger partial charge in [-0.2, -0.15) is 0 Å². The van der Waals surface area contributed by atoms with E-state index in [0.29, 0.717) is 34.8 Å². The standard InChI is InChI=1S/C24H32N3O7P/c1-7-26(5)19-11-16(9-10-23(19)32-6)27-20(14-25-24(27)34-35(30,31)33-8-2)18-12-17(15(3)4)21(28)13-22(18)29/h9-15,28-29H,7-8H2,1-6H3,(H,30,31). The zero-order valence-corrected chi connectivity index (χ0v) is 21.6. The van der Waals surface area contributed by atoms with Crippen LogP contribution in [0.15, 0.2) is 36.5 Å². The summed E-state index contributed by atoms with van der Waals surface area (Å²) in [5.74, 6) is 0.397. The maximum absolute atomic E-state index is 12.4. The molecule has 0 spiro atoms. The van der Waals surface area contributed by atoms with Gasteiger partial charge in [0.1, 0.15) is 17.2 Å². The number of imidazole rings is 1. The Balaban J connectivity index is 2.30. The van der Waals surface area contributed by atoms with Crippen molar-refractivity contribution in [1.82, 2.24) is 9.55 Å². The first-order chi connectivity index (χ1) is 16.5. The molecule has 190 valence electrons. The fraction of sp³-hybridized carbons (Fsp3) is 0.375. The van der Waals surface area contributed by atoms with E-state index >= 15 is 0 Å². The summed E-state index contributed by atoms with van der Waals surface area (Å²) in [6.45, 7) is 8.07. The second-order valence-corrected chi connectivity index (χ2v) is 9.57. The van der Waals surface area contributed by atoms with Crippen LogP contribution in [0.4, 0.5) is 5.69 Å². The molecule has 1 aromatic heterocycles. The first-order valence-electron chi connectivity index (χ1n) is 11.2. The molecule has 1 unspecified atom stereocenters. The molecule has 0 saturated heterocycles. The van der Waals surface area contributed by atoms with Gasteiger partial charge in [0.05, 0.1) is 37.0 Å². The van der Waals surface area contributed by atoms with Crippen LogP contribution in [0.1, 0.15) is 39.2 Å². The van der Waals surface area contributed by atoms with Crippen molar-refractivity contribution in [2.24, 2.45) is 0 Å². The zero-order chi connectivity index (χ0) is 25.9. The van der Waals surface area contributed by atoms with Gasteiger partial charge >= 0.3 is 13.8 Å². The number of aromatic hydroxyl groups is 2. The fourth-order valence-corrected chi connectivity index (χ4v) is 4.39. The first kappa shape index (κ1) is 26.4. The number of methoxy groups -OCH3 is 1. The summed E-state index contributed by atoms with van der Waals surface area (Å²) in [5, 5.41) is 21.0. The van der Waals surface area contributed by atoms with Crippen molar-refractivity contribution in [3.05, 3.63) is 42.1 Å². The topological polar surface area (TPSA) is 127 Å². The molecule has 0 radical (unpaired) electrons. The molecule has 0 saturated carbocycles. The SMILES string of the molecule is CCOP(=O)(O)Oc1ncc(-c2cc(C(C)C)c(O)cc2O)n1-c1ccc(OC)c(N(C)CC)c1. The van der Waals surface area contributed by atoms with E-state index in [-0.39, 0.29) is 30.0 Å². The van der Waals surface area contributed by atoms with Crippen LogP contribution in [0.2, 0.25) is 0 Å². The number of nitrogens with zero attached hydrogens (tertiary/aromatic N) is 3.